The predicted octanol–water partition coefficient (Wildman–Crippen LogP) is 4.51. The van der Waals surface area contributed by atoms with Crippen molar-refractivity contribution in [1.29, 1.82) is 0 Å². The lowest BCUT2D eigenvalue weighted by molar-refractivity contribution is -0.117. The lowest BCUT2D eigenvalue weighted by atomic mass is 10.1. The van der Waals surface area contributed by atoms with Crippen molar-refractivity contribution in [3.8, 4) is 0 Å². The molecule has 3 aromatic carbocycles. The Bertz CT molecular complexity index is 1320. The van der Waals surface area contributed by atoms with Crippen molar-refractivity contribution < 1.29 is 9.59 Å². The first-order chi connectivity index (χ1) is 15.6. The largest absolute Gasteiger partial charge is 0.322 e. The number of amides is 2. The van der Waals surface area contributed by atoms with Gasteiger partial charge in [-0.05, 0) is 54.4 Å². The maximum Gasteiger partial charge on any atom is 0.255 e. The van der Waals surface area contributed by atoms with Crippen molar-refractivity contribution in [2.75, 3.05) is 16.8 Å². The number of para-hydroxylation sites is 1. The highest BCUT2D eigenvalue weighted by molar-refractivity contribution is 6.34. The lowest BCUT2D eigenvalue weighted by Gasteiger charge is -2.18. The topological polar surface area (TPSA) is 80.1 Å². The van der Waals surface area contributed by atoms with Crippen LogP contribution in [0.1, 0.15) is 28.8 Å². The Morgan fingerprint density at radius 3 is 2.62 bits per heavy atom. The summed E-state index contributed by atoms with van der Waals surface area (Å²) < 4.78 is 1.83. The minimum Gasteiger partial charge on any atom is -0.322 e. The molecule has 2 amide bonds. The van der Waals surface area contributed by atoms with E-state index in [0.717, 1.165) is 23.0 Å². The van der Waals surface area contributed by atoms with Gasteiger partial charge in [-0.1, -0.05) is 41.1 Å². The summed E-state index contributed by atoms with van der Waals surface area (Å²) in [7, 11) is 0. The van der Waals surface area contributed by atoms with Gasteiger partial charge >= 0.3 is 0 Å². The Hall–Kier alpha value is -3.71. The average Bonchev–Trinajstić information content (AvgIpc) is 3.41. The van der Waals surface area contributed by atoms with Crippen LogP contribution in [0.25, 0.3) is 11.0 Å². The van der Waals surface area contributed by atoms with Gasteiger partial charge in [0.25, 0.3) is 5.91 Å². The van der Waals surface area contributed by atoms with Crippen LogP contribution in [-0.4, -0.2) is 33.4 Å². The minimum atomic E-state index is -0.233. The van der Waals surface area contributed by atoms with Gasteiger partial charge in [0.15, 0.2) is 0 Å². The van der Waals surface area contributed by atoms with Crippen LogP contribution in [-0.2, 0) is 11.3 Å². The van der Waals surface area contributed by atoms with Crippen molar-refractivity contribution in [3.63, 3.8) is 0 Å². The molecular formula is C24H20ClN5O2. The molecule has 0 radical (unpaired) electrons. The van der Waals surface area contributed by atoms with E-state index in [9.17, 15) is 9.59 Å². The third-order valence-electron chi connectivity index (χ3n) is 5.54. The molecular weight excluding hydrogens is 426 g/mol. The van der Waals surface area contributed by atoms with Gasteiger partial charge in [0.05, 0.1) is 22.8 Å². The Labute approximate surface area is 189 Å². The number of nitrogens with one attached hydrogen (secondary N) is 1. The second-order valence-corrected chi connectivity index (χ2v) is 8.11. The highest BCUT2D eigenvalue weighted by Gasteiger charge is 2.23. The van der Waals surface area contributed by atoms with Gasteiger partial charge < -0.3 is 10.2 Å². The molecule has 7 nitrogen and oxygen atoms in total. The number of hydrogen-bond donors (Lipinski definition) is 1. The normalized spacial score (nSPS) is 13.7. The SMILES string of the molecule is O=C(Nc1ccc(N2CCCC2=O)c(Cl)c1)c1ccc(Cn2nnc3ccccc32)cc1. The number of hydrogen-bond acceptors (Lipinski definition) is 4. The smallest absolute Gasteiger partial charge is 0.255 e. The first-order valence-electron chi connectivity index (χ1n) is 10.4. The quantitative estimate of drug-likeness (QED) is 0.490. The molecule has 0 spiro atoms. The van der Waals surface area contributed by atoms with Gasteiger partial charge in [0.2, 0.25) is 5.91 Å². The molecule has 0 unspecified atom stereocenters. The number of fused-ring (bicyclic) bond motifs is 1. The van der Waals surface area contributed by atoms with Gasteiger partial charge in [-0.15, -0.1) is 5.10 Å². The molecule has 0 bridgehead atoms. The number of benzene rings is 3. The molecule has 1 fully saturated rings. The van der Waals surface area contributed by atoms with Gasteiger partial charge in [0, 0.05) is 24.2 Å². The van der Waals surface area contributed by atoms with Crippen molar-refractivity contribution in [2.24, 2.45) is 0 Å². The monoisotopic (exact) mass is 445 g/mol. The molecule has 0 saturated carbocycles. The third kappa shape index (κ3) is 3.94. The first kappa shape index (κ1) is 20.2. The molecule has 160 valence electrons. The predicted molar refractivity (Wildman–Crippen MR) is 124 cm³/mol. The molecule has 0 aliphatic carbocycles. The standard InChI is InChI=1S/C24H20ClN5O2/c25-19-14-18(11-12-21(19)29-13-3-6-23(29)31)26-24(32)17-9-7-16(8-10-17)15-30-22-5-2-1-4-20(22)27-28-30/h1-2,4-5,7-12,14H,3,6,13,15H2,(H,26,32). The molecule has 4 aromatic rings. The summed E-state index contributed by atoms with van der Waals surface area (Å²) in [4.78, 5) is 26.3. The number of halogens is 1. The molecule has 1 aliphatic heterocycles. The van der Waals surface area contributed by atoms with E-state index < -0.39 is 0 Å². The molecule has 1 N–H and O–H groups in total. The van der Waals surface area contributed by atoms with Crippen LogP contribution in [0.4, 0.5) is 11.4 Å². The fourth-order valence-corrected chi connectivity index (χ4v) is 4.16. The van der Waals surface area contributed by atoms with Crippen molar-refractivity contribution in [1.82, 2.24) is 15.0 Å². The lowest BCUT2D eigenvalue weighted by Crippen LogP contribution is -2.24. The van der Waals surface area contributed by atoms with Gasteiger partial charge in [-0.25, -0.2) is 4.68 Å². The van der Waals surface area contributed by atoms with E-state index in [1.54, 1.807) is 35.2 Å². The van der Waals surface area contributed by atoms with Crippen LogP contribution < -0.4 is 10.2 Å². The summed E-state index contributed by atoms with van der Waals surface area (Å²) >= 11 is 6.38. The number of carbonyl (C=O) groups excluding carboxylic acids is 2. The minimum absolute atomic E-state index is 0.0719. The highest BCUT2D eigenvalue weighted by atomic mass is 35.5. The van der Waals surface area contributed by atoms with Crippen molar-refractivity contribution in [3.05, 3.63) is 82.9 Å². The van der Waals surface area contributed by atoms with E-state index in [0.29, 0.717) is 41.5 Å². The Morgan fingerprint density at radius 1 is 1.06 bits per heavy atom. The van der Waals surface area contributed by atoms with Crippen molar-refractivity contribution in [2.45, 2.75) is 19.4 Å². The summed E-state index contributed by atoms with van der Waals surface area (Å²) in [5.41, 5.74) is 4.62. The summed E-state index contributed by atoms with van der Waals surface area (Å²) in [6.07, 6.45) is 1.37. The zero-order valence-corrected chi connectivity index (χ0v) is 17.9. The van der Waals surface area contributed by atoms with E-state index in [-0.39, 0.29) is 11.8 Å². The molecule has 5 rings (SSSR count). The number of anilines is 2. The van der Waals surface area contributed by atoms with Crippen LogP contribution >= 0.6 is 11.6 Å². The first-order valence-corrected chi connectivity index (χ1v) is 10.7. The molecule has 1 aromatic heterocycles. The average molecular weight is 446 g/mol. The highest BCUT2D eigenvalue weighted by Crippen LogP contribution is 2.31. The van der Waals surface area contributed by atoms with E-state index >= 15 is 0 Å². The Kier molecular flexibility index (Phi) is 5.33. The summed E-state index contributed by atoms with van der Waals surface area (Å²) in [5, 5.41) is 11.7. The molecule has 0 atom stereocenters. The third-order valence-corrected chi connectivity index (χ3v) is 5.84. The van der Waals surface area contributed by atoms with Crippen LogP contribution in [0.15, 0.2) is 66.7 Å². The van der Waals surface area contributed by atoms with E-state index in [1.165, 1.54) is 0 Å². The maximum absolute atomic E-state index is 12.7. The van der Waals surface area contributed by atoms with E-state index in [2.05, 4.69) is 15.6 Å². The van der Waals surface area contributed by atoms with Gasteiger partial charge in [0.1, 0.15) is 5.52 Å². The number of nitrogens with zero attached hydrogens (tertiary/aromatic N) is 4. The second kappa shape index (κ2) is 8.43. The molecule has 32 heavy (non-hydrogen) atoms. The fraction of sp³-hybridized carbons (Fsp3) is 0.167. The zero-order chi connectivity index (χ0) is 22.1. The van der Waals surface area contributed by atoms with Crippen LogP contribution in [0, 0.1) is 0 Å². The number of rotatable bonds is 5. The van der Waals surface area contributed by atoms with Gasteiger partial charge in [-0.3, -0.25) is 9.59 Å². The second-order valence-electron chi connectivity index (χ2n) is 7.70. The molecule has 1 saturated heterocycles. The fourth-order valence-electron chi connectivity index (χ4n) is 3.88. The zero-order valence-electron chi connectivity index (χ0n) is 17.2. The Balaban J connectivity index is 1.27. The van der Waals surface area contributed by atoms with Crippen LogP contribution in [0.5, 0.6) is 0 Å². The molecule has 2 heterocycles. The number of carbonyl (C=O) groups is 2. The maximum atomic E-state index is 12.7. The Morgan fingerprint density at radius 2 is 1.88 bits per heavy atom. The summed E-state index contributed by atoms with van der Waals surface area (Å²) in [6.45, 7) is 1.23. The van der Waals surface area contributed by atoms with Crippen LogP contribution in [0.2, 0.25) is 5.02 Å². The molecule has 8 heteroatoms. The van der Waals surface area contributed by atoms with Gasteiger partial charge in [-0.2, -0.15) is 0 Å². The summed E-state index contributed by atoms with van der Waals surface area (Å²) in [6, 6.07) is 20.4. The molecule has 1 aliphatic rings. The van der Waals surface area contributed by atoms with Crippen LogP contribution in [0.3, 0.4) is 0 Å². The van der Waals surface area contributed by atoms with Crippen molar-refractivity contribution >= 4 is 45.8 Å². The van der Waals surface area contributed by atoms with E-state index in [1.807, 2.05) is 41.1 Å². The summed E-state index contributed by atoms with van der Waals surface area (Å²) in [5.74, 6) is -0.161. The van der Waals surface area contributed by atoms with E-state index in [4.69, 9.17) is 11.6 Å². The number of aromatic nitrogens is 3.